The van der Waals surface area contributed by atoms with E-state index in [1.807, 2.05) is 7.05 Å². The van der Waals surface area contributed by atoms with Crippen molar-refractivity contribution in [2.75, 3.05) is 20.1 Å². The molecule has 19 heavy (non-hydrogen) atoms. The van der Waals surface area contributed by atoms with Gasteiger partial charge in [0.05, 0.1) is 0 Å². The van der Waals surface area contributed by atoms with E-state index < -0.39 is 11.8 Å². The average molecular weight is 268 g/mol. The smallest absolute Gasteiger partial charge is 0.337 e. The van der Waals surface area contributed by atoms with Crippen LogP contribution in [0.2, 0.25) is 0 Å². The molecule has 0 bridgehead atoms. The molecule has 1 aromatic carbocycles. The molecule has 0 aliphatic carbocycles. The molecular formula is C14H18F2N2O. The second kappa shape index (κ2) is 5.65. The van der Waals surface area contributed by atoms with Gasteiger partial charge in [-0.2, -0.15) is 8.78 Å². The van der Waals surface area contributed by atoms with Crippen molar-refractivity contribution in [3.63, 3.8) is 0 Å². The molecule has 104 valence electrons. The molecule has 0 spiro atoms. The van der Waals surface area contributed by atoms with Crippen molar-refractivity contribution in [3.8, 4) is 0 Å². The molecule has 0 radical (unpaired) electrons. The van der Waals surface area contributed by atoms with Gasteiger partial charge in [0.25, 0.3) is 5.91 Å². The molecule has 1 amide bonds. The van der Waals surface area contributed by atoms with Gasteiger partial charge in [0, 0.05) is 24.7 Å². The average Bonchev–Trinajstić information content (AvgIpc) is 2.47. The minimum Gasteiger partial charge on any atom is -0.337 e. The Kier molecular flexibility index (Phi) is 4.14. The SMILES string of the molecule is CNC1CCN(C(=O)C(F)(F)c2ccccc2)CC1. The van der Waals surface area contributed by atoms with Gasteiger partial charge in [-0.3, -0.25) is 4.79 Å². The van der Waals surface area contributed by atoms with Crippen molar-refractivity contribution in [2.24, 2.45) is 0 Å². The zero-order valence-corrected chi connectivity index (χ0v) is 10.9. The van der Waals surface area contributed by atoms with Gasteiger partial charge in [-0.15, -0.1) is 0 Å². The van der Waals surface area contributed by atoms with Crippen LogP contribution in [0.1, 0.15) is 18.4 Å². The number of piperidine rings is 1. The van der Waals surface area contributed by atoms with Crippen molar-refractivity contribution in [2.45, 2.75) is 24.8 Å². The van der Waals surface area contributed by atoms with Gasteiger partial charge < -0.3 is 10.2 Å². The van der Waals surface area contributed by atoms with E-state index in [4.69, 9.17) is 0 Å². The number of nitrogens with one attached hydrogen (secondary N) is 1. The first-order valence-corrected chi connectivity index (χ1v) is 6.45. The predicted octanol–water partition coefficient (Wildman–Crippen LogP) is 1.99. The zero-order chi connectivity index (χ0) is 13.9. The van der Waals surface area contributed by atoms with Gasteiger partial charge in [0.2, 0.25) is 0 Å². The Balaban J connectivity index is 2.07. The number of halogens is 2. The third-order valence-electron chi connectivity index (χ3n) is 3.60. The highest BCUT2D eigenvalue weighted by atomic mass is 19.3. The highest BCUT2D eigenvalue weighted by Crippen LogP contribution is 2.31. The van der Waals surface area contributed by atoms with Crippen LogP contribution in [0.15, 0.2) is 30.3 Å². The Morgan fingerprint density at radius 3 is 2.37 bits per heavy atom. The lowest BCUT2D eigenvalue weighted by atomic mass is 10.0. The van der Waals surface area contributed by atoms with Gasteiger partial charge in [-0.1, -0.05) is 30.3 Å². The van der Waals surface area contributed by atoms with Crippen molar-refractivity contribution >= 4 is 5.91 Å². The van der Waals surface area contributed by atoms with E-state index >= 15 is 0 Å². The maximum atomic E-state index is 14.1. The lowest BCUT2D eigenvalue weighted by Crippen LogP contribution is -2.48. The number of rotatable bonds is 3. The van der Waals surface area contributed by atoms with Crippen LogP contribution in [0.5, 0.6) is 0 Å². The molecule has 0 saturated carbocycles. The number of hydrogen-bond donors (Lipinski definition) is 1. The molecule has 2 rings (SSSR count). The molecule has 5 heteroatoms. The van der Waals surface area contributed by atoms with E-state index in [1.165, 1.54) is 29.2 Å². The monoisotopic (exact) mass is 268 g/mol. The number of amides is 1. The fourth-order valence-electron chi connectivity index (χ4n) is 2.34. The molecule has 1 fully saturated rings. The zero-order valence-electron chi connectivity index (χ0n) is 10.9. The molecule has 1 aliphatic heterocycles. The molecule has 3 nitrogen and oxygen atoms in total. The molecule has 0 aromatic heterocycles. The summed E-state index contributed by atoms with van der Waals surface area (Å²) >= 11 is 0. The minimum absolute atomic E-state index is 0.240. The van der Waals surface area contributed by atoms with Gasteiger partial charge in [-0.25, -0.2) is 0 Å². The number of hydrogen-bond acceptors (Lipinski definition) is 2. The van der Waals surface area contributed by atoms with E-state index in [2.05, 4.69) is 5.32 Å². The second-order valence-electron chi connectivity index (χ2n) is 4.80. The van der Waals surface area contributed by atoms with Crippen molar-refractivity contribution in [1.29, 1.82) is 0 Å². The third kappa shape index (κ3) is 2.92. The van der Waals surface area contributed by atoms with Crippen LogP contribution in [0, 0.1) is 0 Å². The first kappa shape index (κ1) is 13.9. The van der Waals surface area contributed by atoms with Crippen LogP contribution in [-0.4, -0.2) is 37.0 Å². The third-order valence-corrected chi connectivity index (χ3v) is 3.60. The fourth-order valence-corrected chi connectivity index (χ4v) is 2.34. The Hall–Kier alpha value is -1.49. The molecular weight excluding hydrogens is 250 g/mol. The van der Waals surface area contributed by atoms with Gasteiger partial charge >= 0.3 is 5.92 Å². The van der Waals surface area contributed by atoms with Crippen molar-refractivity contribution in [1.82, 2.24) is 10.2 Å². The van der Waals surface area contributed by atoms with Crippen LogP contribution in [0.25, 0.3) is 0 Å². The summed E-state index contributed by atoms with van der Waals surface area (Å²) in [5.41, 5.74) is -0.240. The Morgan fingerprint density at radius 2 is 1.84 bits per heavy atom. The number of benzene rings is 1. The summed E-state index contributed by atoms with van der Waals surface area (Å²) < 4.78 is 28.2. The molecule has 1 heterocycles. The van der Waals surface area contributed by atoms with Gasteiger partial charge in [0.15, 0.2) is 0 Å². The maximum Gasteiger partial charge on any atom is 0.349 e. The van der Waals surface area contributed by atoms with E-state index in [9.17, 15) is 13.6 Å². The molecule has 1 aromatic rings. The summed E-state index contributed by atoms with van der Waals surface area (Å²) in [6.45, 7) is 0.763. The molecule has 0 atom stereocenters. The summed E-state index contributed by atoms with van der Waals surface area (Å²) in [7, 11) is 1.85. The standard InChI is InChI=1S/C14H18F2N2O/c1-17-12-7-9-18(10-8-12)13(19)14(15,16)11-5-3-2-4-6-11/h2-6,12,17H,7-10H2,1H3. The second-order valence-corrected chi connectivity index (χ2v) is 4.80. The van der Waals surface area contributed by atoms with Gasteiger partial charge in [0.1, 0.15) is 0 Å². The predicted molar refractivity (Wildman–Crippen MR) is 69.0 cm³/mol. The lowest BCUT2D eigenvalue weighted by Gasteiger charge is -2.33. The van der Waals surface area contributed by atoms with E-state index in [1.54, 1.807) is 6.07 Å². The largest absolute Gasteiger partial charge is 0.349 e. The summed E-state index contributed by atoms with van der Waals surface area (Å²) in [6, 6.07) is 7.58. The topological polar surface area (TPSA) is 32.3 Å². The quantitative estimate of drug-likeness (QED) is 0.909. The summed E-state index contributed by atoms with van der Waals surface area (Å²) in [5.74, 6) is -4.53. The van der Waals surface area contributed by atoms with Crippen LogP contribution >= 0.6 is 0 Å². The Bertz CT molecular complexity index is 428. The number of likely N-dealkylation sites (tertiary alicyclic amines) is 1. The molecule has 1 saturated heterocycles. The summed E-state index contributed by atoms with van der Waals surface area (Å²) in [5, 5.41) is 3.11. The van der Waals surface area contributed by atoms with Crippen molar-refractivity contribution < 1.29 is 13.6 Å². The van der Waals surface area contributed by atoms with Crippen molar-refractivity contribution in [3.05, 3.63) is 35.9 Å². The number of alkyl halides is 2. The number of nitrogens with zero attached hydrogens (tertiary/aromatic N) is 1. The molecule has 1 aliphatic rings. The lowest BCUT2D eigenvalue weighted by molar-refractivity contribution is -0.160. The van der Waals surface area contributed by atoms with Crippen LogP contribution in [0.4, 0.5) is 8.78 Å². The van der Waals surface area contributed by atoms with Crippen LogP contribution in [0.3, 0.4) is 0 Å². The Labute approximate surface area is 111 Å². The van der Waals surface area contributed by atoms with E-state index in [-0.39, 0.29) is 5.56 Å². The highest BCUT2D eigenvalue weighted by Gasteiger charge is 2.44. The number of carbonyl (C=O) groups excluding carboxylic acids is 1. The van der Waals surface area contributed by atoms with Gasteiger partial charge in [-0.05, 0) is 19.9 Å². The fraction of sp³-hybridized carbons (Fsp3) is 0.500. The van der Waals surface area contributed by atoms with Crippen LogP contribution < -0.4 is 5.32 Å². The summed E-state index contributed by atoms with van der Waals surface area (Å²) in [4.78, 5) is 13.2. The first-order valence-electron chi connectivity index (χ1n) is 6.45. The number of carbonyl (C=O) groups is 1. The molecule has 1 N–H and O–H groups in total. The highest BCUT2D eigenvalue weighted by molar-refractivity contribution is 5.85. The maximum absolute atomic E-state index is 14.1. The minimum atomic E-state index is -3.44. The first-order chi connectivity index (χ1) is 9.05. The summed E-state index contributed by atoms with van der Waals surface area (Å²) in [6.07, 6.45) is 1.43. The van der Waals surface area contributed by atoms with E-state index in [0.717, 1.165) is 0 Å². The normalized spacial score (nSPS) is 17.5. The Morgan fingerprint density at radius 1 is 1.26 bits per heavy atom. The molecule has 0 unspecified atom stereocenters. The van der Waals surface area contributed by atoms with Crippen LogP contribution in [-0.2, 0) is 10.7 Å². The van der Waals surface area contributed by atoms with E-state index in [0.29, 0.717) is 32.0 Å².